The number of nitrogens with one attached hydrogen (secondary N) is 1. The molecule has 0 heterocycles. The van der Waals surface area contributed by atoms with Crippen molar-refractivity contribution in [2.45, 2.75) is 39.8 Å². The number of aliphatic hydroxyl groups excluding tert-OH is 1. The highest BCUT2D eigenvalue weighted by molar-refractivity contribution is 5.28. The van der Waals surface area contributed by atoms with Gasteiger partial charge in [-0.15, -0.1) is 0 Å². The number of benzene rings is 1. The first-order valence-electron chi connectivity index (χ1n) is 6.86. The molecule has 3 nitrogen and oxygen atoms in total. The monoisotopic (exact) mass is 263 g/mol. The Hall–Kier alpha value is -1.06. The van der Waals surface area contributed by atoms with Gasteiger partial charge < -0.3 is 15.2 Å². The van der Waals surface area contributed by atoms with Gasteiger partial charge in [0, 0.05) is 12.6 Å². The Balaban J connectivity index is 1.90. The van der Waals surface area contributed by atoms with Crippen molar-refractivity contribution in [2.24, 2.45) is 10.8 Å². The second kappa shape index (κ2) is 4.80. The largest absolute Gasteiger partial charge is 0.497 e. The van der Waals surface area contributed by atoms with Gasteiger partial charge in [-0.05, 0) is 28.5 Å². The van der Waals surface area contributed by atoms with Gasteiger partial charge in [-0.3, -0.25) is 0 Å². The van der Waals surface area contributed by atoms with Crippen LogP contribution in [0.3, 0.4) is 0 Å². The van der Waals surface area contributed by atoms with E-state index in [4.69, 9.17) is 4.74 Å². The molecular weight excluding hydrogens is 238 g/mol. The van der Waals surface area contributed by atoms with Crippen LogP contribution in [0.15, 0.2) is 24.3 Å². The van der Waals surface area contributed by atoms with E-state index in [0.717, 1.165) is 11.3 Å². The van der Waals surface area contributed by atoms with Gasteiger partial charge in [-0.2, -0.15) is 0 Å². The van der Waals surface area contributed by atoms with Crippen molar-refractivity contribution in [1.82, 2.24) is 5.32 Å². The van der Waals surface area contributed by atoms with Crippen molar-refractivity contribution >= 4 is 0 Å². The molecule has 1 atom stereocenters. The Labute approximate surface area is 116 Å². The summed E-state index contributed by atoms with van der Waals surface area (Å²) < 4.78 is 5.11. The lowest BCUT2D eigenvalue weighted by atomic mass is 10.0. The normalized spacial score (nSPS) is 22.0. The Kier molecular flexibility index (Phi) is 3.63. The minimum absolute atomic E-state index is 0.298. The van der Waals surface area contributed by atoms with Gasteiger partial charge in [-0.1, -0.05) is 39.8 Å². The van der Waals surface area contributed by atoms with E-state index in [-0.39, 0.29) is 0 Å². The van der Waals surface area contributed by atoms with E-state index in [0.29, 0.717) is 23.4 Å². The van der Waals surface area contributed by atoms with Gasteiger partial charge in [0.05, 0.1) is 13.2 Å². The van der Waals surface area contributed by atoms with Crippen LogP contribution in [-0.4, -0.2) is 24.8 Å². The standard InChI is InChI=1S/C16H25NO2/c1-15(2)14(16(15,3)4)17-10-13(18)11-6-8-12(19-5)9-7-11/h6-9,13-14,17-18H,10H2,1-5H3. The van der Waals surface area contributed by atoms with Crippen LogP contribution in [0.2, 0.25) is 0 Å². The van der Waals surface area contributed by atoms with E-state index in [1.807, 2.05) is 24.3 Å². The quantitative estimate of drug-likeness (QED) is 0.858. The van der Waals surface area contributed by atoms with Crippen molar-refractivity contribution in [1.29, 1.82) is 0 Å². The molecule has 1 fully saturated rings. The van der Waals surface area contributed by atoms with Crippen LogP contribution < -0.4 is 10.1 Å². The van der Waals surface area contributed by atoms with Crippen LogP contribution in [0, 0.1) is 10.8 Å². The number of aliphatic hydroxyl groups is 1. The fourth-order valence-corrected chi connectivity index (χ4v) is 2.88. The Morgan fingerprint density at radius 1 is 1.16 bits per heavy atom. The fraction of sp³-hybridized carbons (Fsp3) is 0.625. The van der Waals surface area contributed by atoms with E-state index in [1.54, 1.807) is 7.11 Å². The SMILES string of the molecule is COc1ccc(C(O)CNC2C(C)(C)C2(C)C)cc1. The zero-order chi connectivity index (χ0) is 14.3. The molecule has 1 saturated carbocycles. The van der Waals surface area contributed by atoms with Crippen LogP contribution in [0.1, 0.15) is 39.4 Å². The molecule has 1 aliphatic rings. The maximum atomic E-state index is 10.2. The molecule has 0 aromatic heterocycles. The summed E-state index contributed by atoms with van der Waals surface area (Å²) in [4.78, 5) is 0. The molecular formula is C16H25NO2. The molecule has 0 spiro atoms. The van der Waals surface area contributed by atoms with Crippen LogP contribution in [-0.2, 0) is 0 Å². The summed E-state index contributed by atoms with van der Waals surface area (Å²) in [6, 6.07) is 8.04. The maximum Gasteiger partial charge on any atom is 0.118 e. The molecule has 0 aliphatic heterocycles. The third-order valence-electron chi connectivity index (χ3n) is 5.04. The first-order valence-corrected chi connectivity index (χ1v) is 6.86. The molecule has 0 bridgehead atoms. The Bertz CT molecular complexity index is 423. The molecule has 19 heavy (non-hydrogen) atoms. The number of ether oxygens (including phenoxy) is 1. The lowest BCUT2D eigenvalue weighted by Crippen LogP contribution is -2.27. The summed E-state index contributed by atoms with van der Waals surface area (Å²) in [5.74, 6) is 0.813. The van der Waals surface area contributed by atoms with E-state index in [9.17, 15) is 5.11 Å². The highest BCUT2D eigenvalue weighted by Crippen LogP contribution is 2.62. The van der Waals surface area contributed by atoms with E-state index >= 15 is 0 Å². The second-order valence-corrected chi connectivity index (χ2v) is 6.57. The van der Waals surface area contributed by atoms with Crippen LogP contribution in [0.4, 0.5) is 0 Å². The van der Waals surface area contributed by atoms with Gasteiger partial charge in [0.25, 0.3) is 0 Å². The lowest BCUT2D eigenvalue weighted by Gasteiger charge is -2.14. The molecule has 3 heteroatoms. The number of hydrogen-bond acceptors (Lipinski definition) is 3. The Morgan fingerprint density at radius 2 is 1.68 bits per heavy atom. The highest BCUT2D eigenvalue weighted by atomic mass is 16.5. The molecule has 2 N–H and O–H groups in total. The summed E-state index contributed by atoms with van der Waals surface area (Å²) in [5.41, 5.74) is 1.52. The van der Waals surface area contributed by atoms with Crippen LogP contribution in [0.5, 0.6) is 5.75 Å². The van der Waals surface area contributed by atoms with Crippen molar-refractivity contribution in [3.05, 3.63) is 29.8 Å². The van der Waals surface area contributed by atoms with Gasteiger partial charge in [0.15, 0.2) is 0 Å². The van der Waals surface area contributed by atoms with Gasteiger partial charge in [0.1, 0.15) is 5.75 Å². The smallest absolute Gasteiger partial charge is 0.118 e. The first-order chi connectivity index (χ1) is 8.80. The number of hydrogen-bond donors (Lipinski definition) is 2. The summed E-state index contributed by atoms with van der Waals surface area (Å²) in [6.45, 7) is 9.66. The second-order valence-electron chi connectivity index (χ2n) is 6.57. The highest BCUT2D eigenvalue weighted by Gasteiger charge is 2.64. The number of rotatable bonds is 5. The number of methoxy groups -OCH3 is 1. The minimum atomic E-state index is -0.474. The third kappa shape index (κ3) is 2.49. The van der Waals surface area contributed by atoms with Gasteiger partial charge in [-0.25, -0.2) is 0 Å². The predicted octanol–water partition coefficient (Wildman–Crippen LogP) is 2.75. The zero-order valence-electron chi connectivity index (χ0n) is 12.5. The molecule has 1 aliphatic carbocycles. The average molecular weight is 263 g/mol. The van der Waals surface area contributed by atoms with E-state index in [2.05, 4.69) is 33.0 Å². The average Bonchev–Trinajstić information content (AvgIpc) is 2.77. The minimum Gasteiger partial charge on any atom is -0.497 e. The molecule has 1 aromatic carbocycles. The maximum absolute atomic E-state index is 10.2. The fourth-order valence-electron chi connectivity index (χ4n) is 2.88. The molecule has 106 valence electrons. The van der Waals surface area contributed by atoms with E-state index in [1.165, 1.54) is 0 Å². The van der Waals surface area contributed by atoms with Gasteiger partial charge in [0.2, 0.25) is 0 Å². The zero-order valence-corrected chi connectivity index (χ0v) is 12.5. The predicted molar refractivity (Wildman–Crippen MR) is 77.3 cm³/mol. The lowest BCUT2D eigenvalue weighted by molar-refractivity contribution is 0.172. The first kappa shape index (κ1) is 14.4. The van der Waals surface area contributed by atoms with Crippen molar-refractivity contribution in [2.75, 3.05) is 13.7 Å². The molecule has 0 amide bonds. The van der Waals surface area contributed by atoms with Crippen LogP contribution in [0.25, 0.3) is 0 Å². The molecule has 1 aromatic rings. The topological polar surface area (TPSA) is 41.5 Å². The molecule has 2 rings (SSSR count). The summed E-state index contributed by atoms with van der Waals surface area (Å²) in [6.07, 6.45) is -0.474. The molecule has 0 radical (unpaired) electrons. The summed E-state index contributed by atoms with van der Waals surface area (Å²) in [5, 5.41) is 13.7. The van der Waals surface area contributed by atoms with Gasteiger partial charge >= 0.3 is 0 Å². The Morgan fingerprint density at radius 3 is 2.11 bits per heavy atom. The van der Waals surface area contributed by atoms with Crippen LogP contribution >= 0.6 is 0 Å². The van der Waals surface area contributed by atoms with E-state index < -0.39 is 6.10 Å². The molecule has 1 unspecified atom stereocenters. The summed E-state index contributed by atoms with van der Waals surface area (Å²) >= 11 is 0. The molecule has 0 saturated heterocycles. The van der Waals surface area contributed by atoms with Crippen molar-refractivity contribution < 1.29 is 9.84 Å². The van der Waals surface area contributed by atoms with Crippen molar-refractivity contribution in [3.8, 4) is 5.75 Å². The third-order valence-corrected chi connectivity index (χ3v) is 5.04. The van der Waals surface area contributed by atoms with Crippen molar-refractivity contribution in [3.63, 3.8) is 0 Å². The summed E-state index contributed by atoms with van der Waals surface area (Å²) in [7, 11) is 1.64.